The summed E-state index contributed by atoms with van der Waals surface area (Å²) in [6, 6.07) is 18.9. The Morgan fingerprint density at radius 1 is 0.956 bits per heavy atom. The number of aliphatic carboxylic acids is 1. The van der Waals surface area contributed by atoms with Crippen molar-refractivity contribution in [3.8, 4) is 22.8 Å². The van der Waals surface area contributed by atoms with Gasteiger partial charge >= 0.3 is 11.9 Å². The summed E-state index contributed by atoms with van der Waals surface area (Å²) in [5.41, 5.74) is 2.74. The van der Waals surface area contributed by atoms with E-state index in [4.69, 9.17) is 42.8 Å². The van der Waals surface area contributed by atoms with E-state index in [1.54, 1.807) is 36.4 Å². The van der Waals surface area contributed by atoms with Gasteiger partial charge in [-0.25, -0.2) is 9.78 Å². The zero-order valence-corrected chi connectivity index (χ0v) is 26.6. The minimum Gasteiger partial charge on any atom is -0.481 e. The number of nitrogens with one attached hydrogen (secondary N) is 1. The van der Waals surface area contributed by atoms with Crippen LogP contribution in [0.25, 0.3) is 11.3 Å². The average Bonchev–Trinajstić information content (AvgIpc) is 3.44. The number of ether oxygens (including phenoxy) is 2. The Morgan fingerprint density at radius 3 is 2.27 bits per heavy atom. The molecule has 3 aromatic carbocycles. The molecule has 2 N–H and O–H groups in total. The van der Waals surface area contributed by atoms with Crippen molar-refractivity contribution in [1.29, 1.82) is 0 Å². The molecule has 0 aliphatic rings. The third-order valence-electron chi connectivity index (χ3n) is 7.08. The number of hydrogen-bond donors (Lipinski definition) is 2. The van der Waals surface area contributed by atoms with Gasteiger partial charge in [0.2, 0.25) is 5.91 Å². The first kappa shape index (κ1) is 33.6. The van der Waals surface area contributed by atoms with Crippen LogP contribution in [0.1, 0.15) is 66.8 Å². The monoisotopic (exact) mass is 651 g/mol. The van der Waals surface area contributed by atoms with E-state index in [0.29, 0.717) is 51.6 Å². The maximum Gasteiger partial charge on any atom is 0.337 e. The molecule has 0 saturated carbocycles. The number of aromatic nitrogens is 2. The number of carbonyl (C=O) groups excluding carboxylic acids is 2. The number of unbranched alkanes of at least 4 members (excludes halogenated alkanes) is 1. The number of carboxylic acids is 1. The summed E-state index contributed by atoms with van der Waals surface area (Å²) in [7, 11) is 1.33. The Bertz CT molecular complexity index is 1620. The molecular weight excluding hydrogens is 617 g/mol. The molecule has 4 rings (SSSR count). The second-order valence-electron chi connectivity index (χ2n) is 10.5. The van der Waals surface area contributed by atoms with E-state index in [2.05, 4.69) is 12.2 Å². The molecule has 45 heavy (non-hydrogen) atoms. The quantitative estimate of drug-likeness (QED) is 0.125. The topological polar surface area (TPSA) is 120 Å². The molecule has 0 spiro atoms. The van der Waals surface area contributed by atoms with Crippen molar-refractivity contribution in [2.45, 2.75) is 58.0 Å². The van der Waals surface area contributed by atoms with Gasteiger partial charge < -0.3 is 24.5 Å². The number of carboxylic acid groups (broad SMARTS) is 1. The summed E-state index contributed by atoms with van der Waals surface area (Å²) < 4.78 is 12.7. The number of methoxy groups -OCH3 is 1. The number of rotatable bonds is 15. The van der Waals surface area contributed by atoms with Crippen LogP contribution in [-0.4, -0.2) is 39.6 Å². The van der Waals surface area contributed by atoms with E-state index in [1.807, 2.05) is 41.1 Å². The number of carbonyl (C=O) groups is 3. The highest BCUT2D eigenvalue weighted by Crippen LogP contribution is 2.32. The highest BCUT2D eigenvalue weighted by Gasteiger charge is 2.23. The van der Waals surface area contributed by atoms with Gasteiger partial charge in [-0.1, -0.05) is 48.7 Å². The van der Waals surface area contributed by atoms with Crippen LogP contribution in [0.3, 0.4) is 0 Å². The van der Waals surface area contributed by atoms with E-state index in [-0.39, 0.29) is 25.2 Å². The van der Waals surface area contributed by atoms with E-state index >= 15 is 0 Å². The lowest BCUT2D eigenvalue weighted by atomic mass is 10.0. The molecule has 0 aliphatic heterocycles. The molecule has 0 radical (unpaired) electrons. The van der Waals surface area contributed by atoms with Crippen molar-refractivity contribution < 1.29 is 29.0 Å². The van der Waals surface area contributed by atoms with Crippen LogP contribution in [0.2, 0.25) is 10.0 Å². The predicted molar refractivity (Wildman–Crippen MR) is 173 cm³/mol. The number of imidazole rings is 1. The first-order valence-electron chi connectivity index (χ1n) is 14.7. The maximum absolute atomic E-state index is 13.0. The number of halogens is 2. The summed E-state index contributed by atoms with van der Waals surface area (Å²) in [5, 5.41) is 13.1. The number of benzene rings is 3. The largest absolute Gasteiger partial charge is 0.481 e. The maximum atomic E-state index is 13.0. The fraction of sp³-hybridized carbons (Fsp3) is 0.294. The first-order valence-corrected chi connectivity index (χ1v) is 15.4. The number of esters is 1. The summed E-state index contributed by atoms with van der Waals surface area (Å²) >= 11 is 12.7. The third-order valence-corrected chi connectivity index (χ3v) is 7.63. The highest BCUT2D eigenvalue weighted by molar-refractivity contribution is 6.36. The molecule has 0 bridgehead atoms. The summed E-state index contributed by atoms with van der Waals surface area (Å²) in [5.74, 6) is 0.208. The molecule has 9 nitrogen and oxygen atoms in total. The Morgan fingerprint density at radius 2 is 1.64 bits per heavy atom. The van der Waals surface area contributed by atoms with Crippen LogP contribution in [0.15, 0.2) is 72.9 Å². The lowest BCUT2D eigenvalue weighted by Gasteiger charge is -2.20. The van der Waals surface area contributed by atoms with E-state index in [0.717, 1.165) is 24.0 Å². The van der Waals surface area contributed by atoms with E-state index in [1.165, 1.54) is 7.11 Å². The number of nitrogens with zero attached hydrogens (tertiary/aromatic N) is 2. The van der Waals surface area contributed by atoms with Gasteiger partial charge in [-0.3, -0.25) is 9.59 Å². The molecule has 4 aromatic rings. The minimum absolute atomic E-state index is 0.0793. The molecule has 11 heteroatoms. The smallest absolute Gasteiger partial charge is 0.337 e. The van der Waals surface area contributed by atoms with Gasteiger partial charge in [0.1, 0.15) is 17.3 Å². The Labute approximate surface area is 272 Å². The summed E-state index contributed by atoms with van der Waals surface area (Å²) in [4.78, 5) is 40.7. The fourth-order valence-electron chi connectivity index (χ4n) is 4.76. The van der Waals surface area contributed by atoms with Crippen LogP contribution in [0.5, 0.6) is 11.5 Å². The van der Waals surface area contributed by atoms with Crippen LogP contribution in [0, 0.1) is 0 Å². The van der Waals surface area contributed by atoms with Crippen molar-refractivity contribution >= 4 is 41.0 Å². The van der Waals surface area contributed by atoms with Crippen molar-refractivity contribution in [1.82, 2.24) is 14.9 Å². The van der Waals surface area contributed by atoms with Gasteiger partial charge in [-0.2, -0.15) is 0 Å². The fourth-order valence-corrected chi connectivity index (χ4v) is 5.26. The summed E-state index contributed by atoms with van der Waals surface area (Å²) in [6.07, 6.45) is 4.46. The molecule has 0 aliphatic carbocycles. The number of hydrogen-bond acceptors (Lipinski definition) is 6. The SMILES string of the molecule is CCCCn1cc(-c2ccc(Cl)cc2Cl)nc1[C@H](Cc1ccc(Oc2ccc(C(=O)OC)cc2)cc1)NC(=O)CCCC(=O)O. The molecule has 1 aromatic heterocycles. The number of amides is 1. The lowest BCUT2D eigenvalue weighted by Crippen LogP contribution is -2.32. The van der Waals surface area contributed by atoms with Crippen molar-refractivity contribution in [3.63, 3.8) is 0 Å². The molecule has 0 unspecified atom stereocenters. The van der Waals surface area contributed by atoms with Gasteiger partial charge in [0, 0.05) is 36.2 Å². The molecule has 0 saturated heterocycles. The van der Waals surface area contributed by atoms with Gasteiger partial charge in [0.25, 0.3) is 0 Å². The van der Waals surface area contributed by atoms with Crippen molar-refractivity contribution in [2.75, 3.05) is 7.11 Å². The van der Waals surface area contributed by atoms with Gasteiger partial charge in [-0.15, -0.1) is 0 Å². The molecule has 0 fully saturated rings. The molecule has 1 heterocycles. The van der Waals surface area contributed by atoms with E-state index in [9.17, 15) is 14.4 Å². The zero-order chi connectivity index (χ0) is 32.3. The van der Waals surface area contributed by atoms with Crippen LogP contribution in [0.4, 0.5) is 0 Å². The van der Waals surface area contributed by atoms with Crippen LogP contribution >= 0.6 is 23.2 Å². The minimum atomic E-state index is -0.944. The van der Waals surface area contributed by atoms with Crippen LogP contribution < -0.4 is 10.1 Å². The van der Waals surface area contributed by atoms with Gasteiger partial charge in [0.05, 0.1) is 29.4 Å². The van der Waals surface area contributed by atoms with Gasteiger partial charge in [0.15, 0.2) is 0 Å². The molecule has 1 amide bonds. The summed E-state index contributed by atoms with van der Waals surface area (Å²) in [6.45, 7) is 2.80. The molecule has 236 valence electrons. The van der Waals surface area contributed by atoms with Crippen molar-refractivity contribution in [2.24, 2.45) is 0 Å². The third kappa shape index (κ3) is 9.57. The second kappa shape index (κ2) is 16.1. The Hall–Kier alpha value is -4.34. The lowest BCUT2D eigenvalue weighted by molar-refractivity contribution is -0.137. The zero-order valence-electron chi connectivity index (χ0n) is 25.1. The molecular formula is C34H35Cl2N3O6. The van der Waals surface area contributed by atoms with Crippen LogP contribution in [-0.2, 0) is 27.3 Å². The van der Waals surface area contributed by atoms with E-state index < -0.39 is 18.0 Å². The normalized spacial score (nSPS) is 11.6. The van der Waals surface area contributed by atoms with Gasteiger partial charge in [-0.05, 0) is 79.4 Å². The number of aryl methyl sites for hydroxylation is 1. The average molecular weight is 653 g/mol. The predicted octanol–water partition coefficient (Wildman–Crippen LogP) is 7.89. The first-order chi connectivity index (χ1) is 21.7. The standard InChI is InChI=1S/C34H35Cl2N3O6/c1-3-4-18-39-21-30(27-17-12-24(35)20-28(27)36)38-33(39)29(37-31(40)6-5-7-32(41)42)19-22-8-13-25(14-9-22)45-26-15-10-23(11-16-26)34(43)44-2/h8-17,20-21,29H,3-7,18-19H2,1-2H3,(H,37,40)(H,41,42)/t29-/m0/s1. The van der Waals surface area contributed by atoms with Crippen molar-refractivity contribution in [3.05, 3.63) is 99.9 Å². The highest BCUT2D eigenvalue weighted by atomic mass is 35.5. The molecule has 1 atom stereocenters. The Balaban J connectivity index is 1.59. The Kier molecular flexibility index (Phi) is 12.0. The second-order valence-corrected chi connectivity index (χ2v) is 11.3.